The number of aliphatic hydroxyl groups is 1. The Morgan fingerprint density at radius 1 is 1.17 bits per heavy atom. The molecule has 0 aliphatic heterocycles. The number of carbonyl (C=O) groups excluding carboxylic acids is 1. The van der Waals surface area contributed by atoms with Crippen LogP contribution in [0, 0.1) is 0 Å². The van der Waals surface area contributed by atoms with Crippen molar-refractivity contribution in [2.24, 2.45) is 10.2 Å². The van der Waals surface area contributed by atoms with E-state index in [1.54, 1.807) is 38.3 Å². The number of esters is 1. The van der Waals surface area contributed by atoms with Crippen molar-refractivity contribution in [3.8, 4) is 5.75 Å². The van der Waals surface area contributed by atoms with Gasteiger partial charge in [0.25, 0.3) is 0 Å². The lowest BCUT2D eigenvalue weighted by Gasteiger charge is -2.25. The normalized spacial score (nSPS) is 13.1. The maximum Gasteiger partial charge on any atom is 0.362 e. The number of nitrogens with zero attached hydrogens (tertiary/aromatic N) is 2. The fraction of sp³-hybridized carbons (Fsp3) is 0.526. The lowest BCUT2D eigenvalue weighted by molar-refractivity contribution is -0.138. The molecule has 0 aliphatic rings. The van der Waals surface area contributed by atoms with Gasteiger partial charge in [-0.15, -0.1) is 5.11 Å². The predicted molar refractivity (Wildman–Crippen MR) is 123 cm³/mol. The molecule has 168 valence electrons. The standard InChI is InChI=1S/C19H29N2O6PS2/c1-7-25-19(23)18(21-20-15-8-10-16(24-6)11-9-15)17(22)12-30-28(29,26-13(2)3)27-14(4)5/h8-11,13-14,22H,7,12H2,1-6H3. The van der Waals surface area contributed by atoms with Crippen LogP contribution in [-0.2, 0) is 30.4 Å². The fourth-order valence-electron chi connectivity index (χ4n) is 1.98. The summed E-state index contributed by atoms with van der Waals surface area (Å²) in [6, 6.07) is 6.76. The summed E-state index contributed by atoms with van der Waals surface area (Å²) in [4.78, 5) is 12.3. The molecule has 1 N–H and O–H groups in total. The van der Waals surface area contributed by atoms with Gasteiger partial charge in [0.2, 0.25) is 11.4 Å². The number of methoxy groups -OCH3 is 1. The first-order valence-corrected chi connectivity index (χ1v) is 13.6. The molecule has 0 spiro atoms. The highest BCUT2D eigenvalue weighted by atomic mass is 32.9. The van der Waals surface area contributed by atoms with E-state index in [4.69, 9.17) is 30.3 Å². The summed E-state index contributed by atoms with van der Waals surface area (Å²) in [5.74, 6) is -0.470. The van der Waals surface area contributed by atoms with Gasteiger partial charge in [-0.05, 0) is 70.7 Å². The van der Waals surface area contributed by atoms with E-state index in [0.29, 0.717) is 11.4 Å². The second kappa shape index (κ2) is 13.1. The molecule has 0 radical (unpaired) electrons. The van der Waals surface area contributed by atoms with Crippen LogP contribution in [0.4, 0.5) is 5.69 Å². The third kappa shape index (κ3) is 9.57. The molecular formula is C19H29N2O6PS2. The number of ether oxygens (including phenoxy) is 2. The molecule has 1 aromatic carbocycles. The highest BCUT2D eigenvalue weighted by Crippen LogP contribution is 2.62. The Labute approximate surface area is 187 Å². The third-order valence-corrected chi connectivity index (χ3v) is 8.52. The number of aliphatic hydroxyl groups excluding tert-OH is 1. The third-order valence-electron chi connectivity index (χ3n) is 3.12. The van der Waals surface area contributed by atoms with Gasteiger partial charge in [0.1, 0.15) is 11.5 Å². The second-order valence-electron chi connectivity index (χ2n) is 6.44. The van der Waals surface area contributed by atoms with Crippen LogP contribution in [0.2, 0.25) is 0 Å². The highest BCUT2D eigenvalue weighted by molar-refractivity contribution is 8.68. The van der Waals surface area contributed by atoms with Crippen molar-refractivity contribution in [2.45, 2.75) is 46.8 Å². The summed E-state index contributed by atoms with van der Waals surface area (Å²) >= 11 is 6.68. The zero-order valence-electron chi connectivity index (χ0n) is 18.0. The molecule has 0 aliphatic carbocycles. The Bertz CT molecular complexity index is 783. The van der Waals surface area contributed by atoms with Crippen LogP contribution >= 0.6 is 17.1 Å². The molecule has 1 aromatic rings. The first-order chi connectivity index (χ1) is 14.1. The number of hydrogen-bond donors (Lipinski definition) is 1. The zero-order chi connectivity index (χ0) is 22.7. The summed E-state index contributed by atoms with van der Waals surface area (Å²) in [6.07, 6.45) is -0.292. The van der Waals surface area contributed by atoms with Crippen molar-refractivity contribution in [3.05, 3.63) is 35.7 Å². The fourth-order valence-corrected chi connectivity index (χ4v) is 7.35. The molecule has 0 fully saturated rings. The zero-order valence-corrected chi connectivity index (χ0v) is 20.6. The summed E-state index contributed by atoms with van der Waals surface area (Å²) in [7, 11) is 1.56. The van der Waals surface area contributed by atoms with E-state index in [9.17, 15) is 9.90 Å². The number of azo groups is 1. The Balaban J connectivity index is 3.09. The van der Waals surface area contributed by atoms with Crippen LogP contribution < -0.4 is 4.74 Å². The minimum Gasteiger partial charge on any atom is -0.509 e. The van der Waals surface area contributed by atoms with Crippen LogP contribution in [-0.4, -0.2) is 42.8 Å². The second-order valence-corrected chi connectivity index (χ2v) is 12.7. The monoisotopic (exact) mass is 476 g/mol. The Morgan fingerprint density at radius 2 is 1.73 bits per heavy atom. The predicted octanol–water partition coefficient (Wildman–Crippen LogP) is 5.92. The molecule has 1 rings (SSSR count). The van der Waals surface area contributed by atoms with Gasteiger partial charge in [0.15, 0.2) is 0 Å². The number of hydrogen-bond acceptors (Lipinski definition) is 10. The van der Waals surface area contributed by atoms with Crippen LogP contribution in [0.3, 0.4) is 0 Å². The SMILES string of the molecule is CCOC(=O)C(N=Nc1ccc(OC)cc1)=C(O)CSP(=S)(OC(C)C)OC(C)C. The maximum atomic E-state index is 12.3. The first-order valence-electron chi connectivity index (χ1n) is 9.36. The molecule has 0 unspecified atom stereocenters. The largest absolute Gasteiger partial charge is 0.509 e. The molecule has 30 heavy (non-hydrogen) atoms. The van der Waals surface area contributed by atoms with E-state index in [0.717, 1.165) is 11.4 Å². The van der Waals surface area contributed by atoms with Crippen molar-refractivity contribution >= 4 is 40.5 Å². The van der Waals surface area contributed by atoms with Gasteiger partial charge < -0.3 is 23.6 Å². The topological polar surface area (TPSA) is 98.9 Å². The average Bonchev–Trinajstić information content (AvgIpc) is 2.66. The van der Waals surface area contributed by atoms with Gasteiger partial charge in [-0.2, -0.15) is 5.11 Å². The van der Waals surface area contributed by atoms with Crippen LogP contribution in [0.5, 0.6) is 5.75 Å². The first kappa shape index (κ1) is 26.6. The molecule has 8 nitrogen and oxygen atoms in total. The molecule has 0 saturated heterocycles. The van der Waals surface area contributed by atoms with Crippen LogP contribution in [0.25, 0.3) is 0 Å². The lowest BCUT2D eigenvalue weighted by atomic mass is 10.3. The Kier molecular flexibility index (Phi) is 11.6. The summed E-state index contributed by atoms with van der Waals surface area (Å²) < 4.78 is 21.7. The van der Waals surface area contributed by atoms with Crippen molar-refractivity contribution in [3.63, 3.8) is 0 Å². The highest BCUT2D eigenvalue weighted by Gasteiger charge is 2.26. The van der Waals surface area contributed by atoms with Gasteiger partial charge in [-0.25, -0.2) is 4.79 Å². The minimum atomic E-state index is -2.74. The molecular weight excluding hydrogens is 447 g/mol. The van der Waals surface area contributed by atoms with Gasteiger partial charge in [0, 0.05) is 0 Å². The van der Waals surface area contributed by atoms with E-state index in [1.807, 2.05) is 27.7 Å². The van der Waals surface area contributed by atoms with Gasteiger partial charge in [-0.1, -0.05) is 11.4 Å². The average molecular weight is 477 g/mol. The summed E-state index contributed by atoms with van der Waals surface area (Å²) in [6.45, 7) is 9.21. The van der Waals surface area contributed by atoms with E-state index in [2.05, 4.69) is 10.2 Å². The number of carbonyl (C=O) groups is 1. The molecule has 0 atom stereocenters. The van der Waals surface area contributed by atoms with Gasteiger partial charge >= 0.3 is 5.97 Å². The van der Waals surface area contributed by atoms with E-state index >= 15 is 0 Å². The van der Waals surface area contributed by atoms with E-state index < -0.39 is 11.7 Å². The smallest absolute Gasteiger partial charge is 0.362 e. The Morgan fingerprint density at radius 3 is 2.20 bits per heavy atom. The quantitative estimate of drug-likeness (QED) is 0.130. The van der Waals surface area contributed by atoms with Crippen molar-refractivity contribution in [1.82, 2.24) is 0 Å². The van der Waals surface area contributed by atoms with Crippen molar-refractivity contribution < 1.29 is 28.4 Å². The molecule has 0 aromatic heterocycles. The number of rotatable bonds is 12. The van der Waals surface area contributed by atoms with Crippen molar-refractivity contribution in [1.29, 1.82) is 0 Å². The lowest BCUT2D eigenvalue weighted by Crippen LogP contribution is -2.10. The maximum absolute atomic E-state index is 12.3. The summed E-state index contributed by atoms with van der Waals surface area (Å²) in [5.41, 5.74) is -2.55. The molecule has 0 amide bonds. The minimum absolute atomic E-state index is 0.0352. The molecule has 0 saturated carbocycles. The molecule has 11 heteroatoms. The van der Waals surface area contributed by atoms with E-state index in [-0.39, 0.29) is 36.0 Å². The number of benzene rings is 1. The van der Waals surface area contributed by atoms with Gasteiger partial charge in [0.05, 0.1) is 37.4 Å². The molecule has 0 bridgehead atoms. The van der Waals surface area contributed by atoms with Crippen LogP contribution in [0.1, 0.15) is 34.6 Å². The van der Waals surface area contributed by atoms with E-state index in [1.165, 1.54) is 0 Å². The Hall–Kier alpha value is -1.45. The summed E-state index contributed by atoms with van der Waals surface area (Å²) in [5, 5.41) is 18.5. The van der Waals surface area contributed by atoms with Crippen LogP contribution in [0.15, 0.2) is 46.0 Å². The van der Waals surface area contributed by atoms with Crippen molar-refractivity contribution in [2.75, 3.05) is 19.5 Å². The van der Waals surface area contributed by atoms with Gasteiger partial charge in [-0.3, -0.25) is 0 Å². The molecule has 0 heterocycles.